The van der Waals surface area contributed by atoms with Crippen molar-refractivity contribution in [2.24, 2.45) is 0 Å². The molecule has 0 aromatic rings. The zero-order valence-corrected chi connectivity index (χ0v) is 47.2. The summed E-state index contributed by atoms with van der Waals surface area (Å²) in [7, 11) is 0. The fraction of sp³-hybridized carbons (Fsp3) is 0.948. The van der Waals surface area contributed by atoms with E-state index in [-0.39, 0.29) is 18.9 Å². The number of rotatable bonds is 45. The number of hydrogen-bond donors (Lipinski definition) is 12. The predicted molar refractivity (Wildman–Crippen MR) is 291 cm³/mol. The lowest BCUT2D eigenvalue weighted by Gasteiger charge is -2.48. The lowest BCUT2D eigenvalue weighted by molar-refractivity contribution is -0.379. The maximum atomic E-state index is 13.3. The first-order chi connectivity index (χ1) is 37.3. The van der Waals surface area contributed by atoms with E-state index in [1.54, 1.807) is 6.08 Å². The van der Waals surface area contributed by atoms with Crippen molar-refractivity contribution in [1.82, 2.24) is 5.32 Å². The van der Waals surface area contributed by atoms with Gasteiger partial charge in [0.05, 0.1) is 38.6 Å². The van der Waals surface area contributed by atoms with Gasteiger partial charge in [0, 0.05) is 6.42 Å². The Morgan fingerprint density at radius 3 is 1.22 bits per heavy atom. The van der Waals surface area contributed by atoms with Crippen LogP contribution in [-0.4, -0.2) is 193 Å². The molecule has 3 aliphatic rings. The van der Waals surface area contributed by atoms with Crippen molar-refractivity contribution in [2.45, 2.75) is 324 Å². The molecule has 1 amide bonds. The Labute approximate surface area is 461 Å². The van der Waals surface area contributed by atoms with Gasteiger partial charge in [-0.05, 0) is 19.3 Å². The Bertz CT molecular complexity index is 1460. The van der Waals surface area contributed by atoms with E-state index < -0.39 is 124 Å². The largest absolute Gasteiger partial charge is 0.394 e. The van der Waals surface area contributed by atoms with Crippen molar-refractivity contribution in [3.05, 3.63) is 12.2 Å². The quantitative estimate of drug-likeness (QED) is 0.0269. The SMILES string of the molecule is CCCCCCCCCCCCCCCCCC/C=C/C(O)C(COC1OC(CO)C(OC2OC(CO)C(OC3OC(CO)C(O)C(O)C3O)C(O)C2O)C(O)C1O)NC(=O)CCCCCCCCCCCCCCCC. The molecule has 0 saturated carbocycles. The molecule has 0 aromatic heterocycles. The highest BCUT2D eigenvalue weighted by atomic mass is 16.8. The van der Waals surface area contributed by atoms with Gasteiger partial charge in [-0.25, -0.2) is 0 Å². The monoisotopic (exact) mass is 1110 g/mol. The van der Waals surface area contributed by atoms with Crippen LogP contribution in [0.1, 0.15) is 219 Å². The zero-order chi connectivity index (χ0) is 56.2. The molecule has 0 spiro atoms. The lowest BCUT2D eigenvalue weighted by atomic mass is 9.96. The van der Waals surface area contributed by atoms with E-state index in [0.717, 1.165) is 44.9 Å². The molecule has 3 aliphatic heterocycles. The van der Waals surface area contributed by atoms with Crippen molar-refractivity contribution in [3.63, 3.8) is 0 Å². The number of amides is 1. The van der Waals surface area contributed by atoms with Crippen LogP contribution in [-0.2, 0) is 33.2 Å². The molecule has 17 atom stereocenters. The van der Waals surface area contributed by atoms with Gasteiger partial charge in [-0.3, -0.25) is 4.79 Å². The van der Waals surface area contributed by atoms with Crippen LogP contribution in [0.3, 0.4) is 0 Å². The summed E-state index contributed by atoms with van der Waals surface area (Å²) in [5.41, 5.74) is 0. The molecular formula is C58H109NO18. The van der Waals surface area contributed by atoms with Crippen LogP contribution < -0.4 is 5.32 Å². The van der Waals surface area contributed by atoms with Gasteiger partial charge in [0.15, 0.2) is 18.9 Å². The number of nitrogens with one attached hydrogen (secondary N) is 1. The third-order valence-electron chi connectivity index (χ3n) is 15.6. The Hall–Kier alpha value is -1.47. The predicted octanol–water partition coefficient (Wildman–Crippen LogP) is 5.38. The second-order valence-corrected chi connectivity index (χ2v) is 22.2. The van der Waals surface area contributed by atoms with Crippen LogP contribution in [0, 0.1) is 0 Å². The molecule has 77 heavy (non-hydrogen) atoms. The number of unbranched alkanes of at least 4 members (excludes halogenated alkanes) is 29. The summed E-state index contributed by atoms with van der Waals surface area (Å²) in [5, 5.41) is 120. The molecule has 19 heteroatoms. The minimum Gasteiger partial charge on any atom is -0.394 e. The molecule has 17 unspecified atom stereocenters. The number of allylic oxidation sites excluding steroid dienone is 1. The highest BCUT2D eigenvalue weighted by Gasteiger charge is 2.53. The van der Waals surface area contributed by atoms with E-state index in [0.29, 0.717) is 6.42 Å². The topological polar surface area (TPSA) is 307 Å². The van der Waals surface area contributed by atoms with Crippen molar-refractivity contribution >= 4 is 5.91 Å². The number of ether oxygens (including phenoxy) is 6. The maximum Gasteiger partial charge on any atom is 0.220 e. The molecule has 0 aliphatic carbocycles. The van der Waals surface area contributed by atoms with E-state index in [1.807, 2.05) is 6.08 Å². The van der Waals surface area contributed by atoms with Crippen LogP contribution in [0.4, 0.5) is 0 Å². The van der Waals surface area contributed by atoms with Gasteiger partial charge in [-0.15, -0.1) is 0 Å². The van der Waals surface area contributed by atoms with E-state index in [2.05, 4.69) is 19.2 Å². The molecule has 3 heterocycles. The summed E-state index contributed by atoms with van der Waals surface area (Å²) in [6, 6.07) is -0.966. The molecule has 19 nitrogen and oxygen atoms in total. The fourth-order valence-corrected chi connectivity index (χ4v) is 10.5. The first-order valence-electron chi connectivity index (χ1n) is 30.4. The lowest BCUT2D eigenvalue weighted by Crippen LogP contribution is -2.66. The zero-order valence-electron chi connectivity index (χ0n) is 47.2. The smallest absolute Gasteiger partial charge is 0.220 e. The van der Waals surface area contributed by atoms with Crippen LogP contribution in [0.2, 0.25) is 0 Å². The highest BCUT2D eigenvalue weighted by molar-refractivity contribution is 5.76. The summed E-state index contributed by atoms with van der Waals surface area (Å²) < 4.78 is 34.2. The van der Waals surface area contributed by atoms with Crippen LogP contribution >= 0.6 is 0 Å². The first-order valence-corrected chi connectivity index (χ1v) is 30.4. The normalized spacial score (nSPS) is 30.7. The Balaban J connectivity index is 1.51. The maximum absolute atomic E-state index is 13.3. The standard InChI is InChI=1S/C58H109NO18/c1-3-5-7-9-11-13-15-17-19-20-21-22-23-25-27-29-31-33-35-42(63)41(59-46(64)36-34-32-30-28-26-24-18-16-14-12-10-8-6-4-2)40-72-56-52(70)49(67)54(44(38-61)74-56)77-58-53(71)50(68)55(45(39-62)75-58)76-57-51(69)48(66)47(65)43(37-60)73-57/h33,35,41-45,47-58,60-63,65-71H,3-32,34,36-40H2,1-2H3,(H,59,64)/b35-33+. The Kier molecular flexibility index (Phi) is 38.4. The molecule has 0 aromatic carbocycles. The van der Waals surface area contributed by atoms with Gasteiger partial charge in [0.1, 0.15) is 73.2 Å². The summed E-state index contributed by atoms with van der Waals surface area (Å²) in [5.74, 6) is -0.273. The summed E-state index contributed by atoms with van der Waals surface area (Å²) >= 11 is 0. The number of carbonyl (C=O) groups is 1. The van der Waals surface area contributed by atoms with Crippen molar-refractivity contribution in [2.75, 3.05) is 26.4 Å². The number of carbonyl (C=O) groups excluding carboxylic acids is 1. The van der Waals surface area contributed by atoms with Crippen molar-refractivity contribution in [1.29, 1.82) is 0 Å². The number of hydrogen-bond acceptors (Lipinski definition) is 18. The fourth-order valence-electron chi connectivity index (χ4n) is 10.5. The van der Waals surface area contributed by atoms with Gasteiger partial charge in [0.2, 0.25) is 5.91 Å². The van der Waals surface area contributed by atoms with E-state index in [9.17, 15) is 61.0 Å². The number of aliphatic hydroxyl groups excluding tert-OH is 11. The molecule has 3 fully saturated rings. The van der Waals surface area contributed by atoms with E-state index in [4.69, 9.17) is 28.4 Å². The summed E-state index contributed by atoms with van der Waals surface area (Å²) in [6.07, 6.45) is 14.7. The Morgan fingerprint density at radius 1 is 0.455 bits per heavy atom. The van der Waals surface area contributed by atoms with Gasteiger partial charge >= 0.3 is 0 Å². The summed E-state index contributed by atoms with van der Waals surface area (Å²) in [6.45, 7) is 1.73. The molecular weight excluding hydrogens is 999 g/mol. The molecule has 454 valence electrons. The van der Waals surface area contributed by atoms with Gasteiger partial charge in [-0.2, -0.15) is 0 Å². The molecule has 12 N–H and O–H groups in total. The van der Waals surface area contributed by atoms with Crippen LogP contribution in [0.5, 0.6) is 0 Å². The third-order valence-corrected chi connectivity index (χ3v) is 15.6. The molecule has 0 bridgehead atoms. The molecule has 0 radical (unpaired) electrons. The average molecular weight is 1110 g/mol. The third kappa shape index (κ3) is 26.5. The van der Waals surface area contributed by atoms with Gasteiger partial charge in [0.25, 0.3) is 0 Å². The van der Waals surface area contributed by atoms with E-state index >= 15 is 0 Å². The Morgan fingerprint density at radius 2 is 0.805 bits per heavy atom. The van der Waals surface area contributed by atoms with Crippen molar-refractivity contribution in [3.8, 4) is 0 Å². The van der Waals surface area contributed by atoms with Gasteiger partial charge in [-0.1, -0.05) is 206 Å². The van der Waals surface area contributed by atoms with Gasteiger partial charge < -0.3 is 89.9 Å². The minimum atomic E-state index is -1.97. The first kappa shape index (κ1) is 69.8. The second kappa shape index (κ2) is 42.4. The minimum absolute atomic E-state index is 0.249. The molecule has 3 rings (SSSR count). The van der Waals surface area contributed by atoms with Crippen LogP contribution in [0.15, 0.2) is 12.2 Å². The van der Waals surface area contributed by atoms with Crippen LogP contribution in [0.25, 0.3) is 0 Å². The second-order valence-electron chi connectivity index (χ2n) is 22.2. The van der Waals surface area contributed by atoms with E-state index in [1.165, 1.54) is 148 Å². The number of aliphatic hydroxyl groups is 11. The summed E-state index contributed by atoms with van der Waals surface area (Å²) in [4.78, 5) is 13.3. The molecule has 3 saturated heterocycles. The average Bonchev–Trinajstić information content (AvgIpc) is 3.43. The van der Waals surface area contributed by atoms with Crippen molar-refractivity contribution < 1.29 is 89.4 Å². The highest BCUT2D eigenvalue weighted by Crippen LogP contribution is 2.33.